The zero-order valence-corrected chi connectivity index (χ0v) is 23.6. The van der Waals surface area contributed by atoms with E-state index in [4.69, 9.17) is 4.74 Å². The molecule has 2 bridgehead atoms. The van der Waals surface area contributed by atoms with Gasteiger partial charge in [-0.1, -0.05) is 26.8 Å². The topological polar surface area (TPSA) is 106 Å². The van der Waals surface area contributed by atoms with Crippen molar-refractivity contribution in [3.05, 3.63) is 65.3 Å². The van der Waals surface area contributed by atoms with Crippen LogP contribution in [0.2, 0.25) is 0 Å². The monoisotopic (exact) mass is 571 g/mol. The maximum atomic E-state index is 13.6. The molecule has 2 unspecified atom stereocenters. The summed E-state index contributed by atoms with van der Waals surface area (Å²) in [6, 6.07) is 11.5. The van der Waals surface area contributed by atoms with Crippen molar-refractivity contribution in [1.82, 2.24) is 9.29 Å². The molecule has 2 aromatic carbocycles. The van der Waals surface area contributed by atoms with Crippen LogP contribution in [0.4, 0.5) is 9.52 Å². The van der Waals surface area contributed by atoms with Gasteiger partial charge in [-0.05, 0) is 72.6 Å². The third kappa shape index (κ3) is 5.90. The Bertz CT molecular complexity index is 1520. The highest BCUT2D eigenvalue weighted by atomic mass is 32.2. The Labute approximate surface area is 231 Å². The lowest BCUT2D eigenvalue weighted by atomic mass is 9.65. The second-order valence-corrected chi connectivity index (χ2v) is 14.2. The molecule has 8 nitrogen and oxygen atoms in total. The minimum absolute atomic E-state index is 0.0338. The van der Waals surface area contributed by atoms with Crippen molar-refractivity contribution in [1.29, 1.82) is 0 Å². The van der Waals surface area contributed by atoms with Crippen LogP contribution in [0.5, 0.6) is 0 Å². The number of carbonyl (C=O) groups is 2. The molecule has 0 spiro atoms. The fourth-order valence-electron chi connectivity index (χ4n) is 6.06. The minimum atomic E-state index is -3.81. The van der Waals surface area contributed by atoms with E-state index in [0.717, 1.165) is 19.3 Å². The summed E-state index contributed by atoms with van der Waals surface area (Å²) in [4.78, 5) is 29.4. The van der Waals surface area contributed by atoms with Gasteiger partial charge < -0.3 is 4.74 Å². The first-order valence-corrected chi connectivity index (χ1v) is 15.0. The predicted octanol–water partition coefficient (Wildman–Crippen LogP) is 5.33. The molecule has 0 radical (unpaired) electrons. The van der Waals surface area contributed by atoms with Crippen LogP contribution in [0, 0.1) is 16.6 Å². The van der Waals surface area contributed by atoms with Crippen LogP contribution in [-0.4, -0.2) is 48.8 Å². The Morgan fingerprint density at radius 1 is 1.15 bits per heavy atom. The normalized spacial score (nSPS) is 22.4. The number of esters is 1. The number of nitrogens with one attached hydrogen (secondary N) is 1. The number of thiazole rings is 1. The van der Waals surface area contributed by atoms with E-state index in [1.807, 2.05) is 0 Å². The fourth-order valence-corrected chi connectivity index (χ4v) is 8.62. The molecular formula is C28H30FN3O5S2. The maximum Gasteiger partial charge on any atom is 0.338 e. The Morgan fingerprint density at radius 3 is 2.64 bits per heavy atom. The zero-order chi connectivity index (χ0) is 28.0. The lowest BCUT2D eigenvalue weighted by molar-refractivity contribution is -0.119. The largest absolute Gasteiger partial charge is 0.452 e. The number of anilines is 1. The molecule has 5 rings (SSSR count). The molecule has 3 aromatic rings. The molecule has 2 atom stereocenters. The highest BCUT2D eigenvalue weighted by Crippen LogP contribution is 2.53. The average molecular weight is 572 g/mol. The number of benzene rings is 2. The second kappa shape index (κ2) is 10.1. The molecule has 1 N–H and O–H groups in total. The van der Waals surface area contributed by atoms with Gasteiger partial charge in [0.05, 0.1) is 16.2 Å². The summed E-state index contributed by atoms with van der Waals surface area (Å²) >= 11 is 1.18. The second-order valence-electron chi connectivity index (χ2n) is 11.5. The van der Waals surface area contributed by atoms with E-state index >= 15 is 0 Å². The van der Waals surface area contributed by atoms with E-state index in [0.29, 0.717) is 22.9 Å². The van der Waals surface area contributed by atoms with Gasteiger partial charge >= 0.3 is 5.97 Å². The molecule has 1 aliphatic heterocycles. The number of rotatable bonds is 7. The number of carbonyl (C=O) groups excluding carboxylic acids is 2. The lowest BCUT2D eigenvalue weighted by Gasteiger charge is -2.39. The zero-order valence-electron chi connectivity index (χ0n) is 21.9. The Hall–Kier alpha value is -3.15. The van der Waals surface area contributed by atoms with Crippen LogP contribution in [-0.2, 0) is 19.6 Å². The van der Waals surface area contributed by atoms with E-state index in [1.165, 1.54) is 47.7 Å². The van der Waals surface area contributed by atoms with Gasteiger partial charge in [0.1, 0.15) is 5.82 Å². The van der Waals surface area contributed by atoms with Crippen LogP contribution in [0.1, 0.15) is 50.4 Å². The van der Waals surface area contributed by atoms with Crippen LogP contribution >= 0.6 is 11.3 Å². The molecule has 1 saturated heterocycles. The molecule has 39 heavy (non-hydrogen) atoms. The third-order valence-corrected chi connectivity index (χ3v) is 9.92. The molecule has 1 aliphatic carbocycles. The molecule has 11 heteroatoms. The molecule has 206 valence electrons. The number of amides is 1. The van der Waals surface area contributed by atoms with Crippen molar-refractivity contribution < 1.29 is 27.1 Å². The van der Waals surface area contributed by atoms with E-state index in [2.05, 4.69) is 31.1 Å². The molecular weight excluding hydrogens is 541 g/mol. The molecule has 2 fully saturated rings. The lowest BCUT2D eigenvalue weighted by Crippen LogP contribution is -2.37. The average Bonchev–Trinajstić information content (AvgIpc) is 3.43. The maximum absolute atomic E-state index is 13.6. The summed E-state index contributed by atoms with van der Waals surface area (Å²) in [5, 5.41) is 4.59. The third-order valence-electron chi connectivity index (χ3n) is 7.27. The Kier molecular flexibility index (Phi) is 7.11. The summed E-state index contributed by atoms with van der Waals surface area (Å²) < 4.78 is 47.0. The summed E-state index contributed by atoms with van der Waals surface area (Å²) in [5.41, 5.74) is 1.32. The van der Waals surface area contributed by atoms with Crippen LogP contribution in [0.15, 0.2) is 58.8 Å². The van der Waals surface area contributed by atoms with Gasteiger partial charge in [-0.3, -0.25) is 10.1 Å². The van der Waals surface area contributed by atoms with Gasteiger partial charge in [0, 0.05) is 23.5 Å². The van der Waals surface area contributed by atoms with E-state index in [9.17, 15) is 22.4 Å². The fraction of sp³-hybridized carbons (Fsp3) is 0.393. The van der Waals surface area contributed by atoms with E-state index < -0.39 is 28.5 Å². The highest BCUT2D eigenvalue weighted by molar-refractivity contribution is 7.89. The highest BCUT2D eigenvalue weighted by Gasteiger charge is 2.53. The Morgan fingerprint density at radius 2 is 1.90 bits per heavy atom. The standard InChI is InChI=1S/C28H30FN3O5S2/c1-27(2)12-21-13-28(3,16-27)17-32(21)39(35,36)22-6-4-5-19(11-22)25(34)37-14-24(33)31-26-30-23(15-38-26)18-7-9-20(29)10-8-18/h4-11,15,21H,12-14,16-17H2,1-3H3,(H,30,31,33). The van der Waals surface area contributed by atoms with Crippen LogP contribution < -0.4 is 5.32 Å². The predicted molar refractivity (Wildman–Crippen MR) is 146 cm³/mol. The number of hydrogen-bond donors (Lipinski definition) is 1. The van der Waals surface area contributed by atoms with Gasteiger partial charge in [-0.2, -0.15) is 4.31 Å². The van der Waals surface area contributed by atoms with Crippen molar-refractivity contribution in [2.75, 3.05) is 18.5 Å². The number of aromatic nitrogens is 1. The van der Waals surface area contributed by atoms with Crippen molar-refractivity contribution in [3.63, 3.8) is 0 Å². The van der Waals surface area contributed by atoms with Crippen molar-refractivity contribution in [3.8, 4) is 11.3 Å². The van der Waals surface area contributed by atoms with Crippen molar-refractivity contribution in [2.45, 2.75) is 51.0 Å². The summed E-state index contributed by atoms with van der Waals surface area (Å²) in [7, 11) is -3.81. The number of nitrogens with zero attached hydrogens (tertiary/aromatic N) is 2. The summed E-state index contributed by atoms with van der Waals surface area (Å²) in [6.07, 6.45) is 2.59. The first-order chi connectivity index (χ1) is 18.3. The number of sulfonamides is 1. The minimum Gasteiger partial charge on any atom is -0.452 e. The van der Waals surface area contributed by atoms with Crippen molar-refractivity contribution >= 4 is 38.4 Å². The first kappa shape index (κ1) is 27.4. The van der Waals surface area contributed by atoms with Gasteiger partial charge in [-0.15, -0.1) is 11.3 Å². The molecule has 2 aliphatic rings. The van der Waals surface area contributed by atoms with Crippen LogP contribution in [0.3, 0.4) is 0 Å². The number of halogens is 1. The molecule has 1 aromatic heterocycles. The molecule has 1 saturated carbocycles. The first-order valence-electron chi connectivity index (χ1n) is 12.6. The smallest absolute Gasteiger partial charge is 0.338 e. The van der Waals surface area contributed by atoms with Gasteiger partial charge in [0.25, 0.3) is 5.91 Å². The summed E-state index contributed by atoms with van der Waals surface area (Å²) in [5.74, 6) is -1.75. The van der Waals surface area contributed by atoms with Gasteiger partial charge in [-0.25, -0.2) is 22.6 Å². The van der Waals surface area contributed by atoms with E-state index in [-0.39, 0.29) is 33.1 Å². The molecule has 2 heterocycles. The van der Waals surface area contributed by atoms with Crippen molar-refractivity contribution in [2.24, 2.45) is 10.8 Å². The quantitative estimate of drug-likeness (QED) is 0.384. The van der Waals surface area contributed by atoms with Gasteiger partial charge in [0.15, 0.2) is 11.7 Å². The van der Waals surface area contributed by atoms with E-state index in [1.54, 1.807) is 21.8 Å². The summed E-state index contributed by atoms with van der Waals surface area (Å²) in [6.45, 7) is 6.39. The number of hydrogen-bond acceptors (Lipinski definition) is 7. The van der Waals surface area contributed by atoms with Crippen LogP contribution in [0.25, 0.3) is 11.3 Å². The Balaban J connectivity index is 1.21. The SMILES string of the molecule is CC1(C)CC2CC(C)(CN2S(=O)(=O)c2cccc(C(=O)OCC(=O)Nc3nc(-c4ccc(F)cc4)cs3)c2)C1. The molecule has 1 amide bonds. The van der Waals surface area contributed by atoms with Gasteiger partial charge in [0.2, 0.25) is 10.0 Å². The number of ether oxygens (including phenoxy) is 1. The number of fused-ring (bicyclic) bond motifs is 2.